The van der Waals surface area contributed by atoms with Crippen LogP contribution in [0.3, 0.4) is 0 Å². The quantitative estimate of drug-likeness (QED) is 0.405. The number of hydrogen-bond acceptors (Lipinski definition) is 3. The number of ketones is 1. The summed E-state index contributed by atoms with van der Waals surface area (Å²) in [5.41, 5.74) is 1.33. The van der Waals surface area contributed by atoms with Crippen LogP contribution in [0.25, 0.3) is 0 Å². The fraction of sp³-hybridized carbons (Fsp3) is 0.812. The van der Waals surface area contributed by atoms with Gasteiger partial charge < -0.3 is 9.47 Å². The lowest BCUT2D eigenvalue weighted by Gasteiger charge is -2.48. The standard InChI is InChI=1S/C16H25IO3/c1-4-19-15(10-17)20-14-6-5-11(2)16(3)8-7-12(18)9-13(14)16/h9,11,14-15H,4-8,10H2,1-3H3/t11-,14+,15?,16+/m1/s1. The number of hydrogen-bond donors (Lipinski definition) is 0. The van der Waals surface area contributed by atoms with Gasteiger partial charge in [-0.15, -0.1) is 0 Å². The molecular formula is C16H25IO3. The summed E-state index contributed by atoms with van der Waals surface area (Å²) >= 11 is 2.29. The summed E-state index contributed by atoms with van der Waals surface area (Å²) in [7, 11) is 0. The first kappa shape index (κ1) is 16.4. The van der Waals surface area contributed by atoms with E-state index in [-0.39, 0.29) is 23.6 Å². The molecule has 4 heteroatoms. The Morgan fingerprint density at radius 1 is 1.50 bits per heavy atom. The predicted octanol–water partition coefficient (Wildman–Crippen LogP) is 3.89. The van der Waals surface area contributed by atoms with Crippen molar-refractivity contribution in [3.05, 3.63) is 11.6 Å². The number of allylic oxidation sites excluding steroid dienone is 1. The highest BCUT2D eigenvalue weighted by atomic mass is 127. The average molecular weight is 392 g/mol. The molecule has 2 aliphatic rings. The molecular weight excluding hydrogens is 367 g/mol. The molecule has 0 N–H and O–H groups in total. The zero-order chi connectivity index (χ0) is 14.8. The summed E-state index contributed by atoms with van der Waals surface area (Å²) in [6, 6.07) is 0. The van der Waals surface area contributed by atoms with E-state index in [9.17, 15) is 4.79 Å². The highest BCUT2D eigenvalue weighted by Crippen LogP contribution is 2.51. The van der Waals surface area contributed by atoms with Crippen LogP contribution in [0, 0.1) is 11.3 Å². The molecule has 0 aromatic heterocycles. The highest BCUT2D eigenvalue weighted by molar-refractivity contribution is 14.1. The van der Waals surface area contributed by atoms with E-state index >= 15 is 0 Å². The van der Waals surface area contributed by atoms with Crippen molar-refractivity contribution in [2.45, 2.75) is 58.8 Å². The van der Waals surface area contributed by atoms with Crippen molar-refractivity contribution in [3.63, 3.8) is 0 Å². The van der Waals surface area contributed by atoms with Crippen molar-refractivity contribution in [3.8, 4) is 0 Å². The van der Waals surface area contributed by atoms with Gasteiger partial charge in [0.1, 0.15) is 0 Å². The fourth-order valence-electron chi connectivity index (χ4n) is 3.44. The number of carbonyl (C=O) groups is 1. The van der Waals surface area contributed by atoms with Crippen LogP contribution < -0.4 is 0 Å². The molecule has 0 aliphatic heterocycles. The lowest BCUT2D eigenvalue weighted by atomic mass is 9.59. The van der Waals surface area contributed by atoms with Crippen molar-refractivity contribution < 1.29 is 14.3 Å². The van der Waals surface area contributed by atoms with Crippen molar-refractivity contribution in [1.82, 2.24) is 0 Å². The summed E-state index contributed by atoms with van der Waals surface area (Å²) in [6.07, 6.45) is 5.54. The summed E-state index contributed by atoms with van der Waals surface area (Å²) in [5, 5.41) is 0. The molecule has 1 saturated carbocycles. The molecule has 2 aliphatic carbocycles. The Morgan fingerprint density at radius 2 is 2.25 bits per heavy atom. The first-order valence-corrected chi connectivity index (χ1v) is 9.11. The Bertz CT molecular complexity index is 393. The second-order valence-electron chi connectivity index (χ2n) is 6.13. The lowest BCUT2D eigenvalue weighted by molar-refractivity contribution is -0.156. The largest absolute Gasteiger partial charge is 0.352 e. The Labute approximate surface area is 135 Å². The van der Waals surface area contributed by atoms with Crippen LogP contribution in [0.15, 0.2) is 11.6 Å². The van der Waals surface area contributed by atoms with Gasteiger partial charge in [-0.25, -0.2) is 0 Å². The molecule has 0 aromatic carbocycles. The third kappa shape index (κ3) is 3.28. The Morgan fingerprint density at radius 3 is 2.90 bits per heavy atom. The number of carbonyl (C=O) groups excluding carboxylic acids is 1. The highest BCUT2D eigenvalue weighted by Gasteiger charge is 2.45. The third-order valence-corrected chi connectivity index (χ3v) is 5.68. The maximum atomic E-state index is 11.8. The van der Waals surface area contributed by atoms with E-state index in [0.717, 1.165) is 23.7 Å². The van der Waals surface area contributed by atoms with Crippen LogP contribution in [-0.2, 0) is 14.3 Å². The summed E-state index contributed by atoms with van der Waals surface area (Å²) in [6.45, 7) is 7.24. The Balaban J connectivity index is 2.19. The average Bonchev–Trinajstić information content (AvgIpc) is 2.43. The van der Waals surface area contributed by atoms with Crippen molar-refractivity contribution >= 4 is 28.4 Å². The minimum Gasteiger partial charge on any atom is -0.352 e. The van der Waals surface area contributed by atoms with Crippen LogP contribution in [0.1, 0.15) is 46.5 Å². The van der Waals surface area contributed by atoms with Gasteiger partial charge in [-0.1, -0.05) is 36.4 Å². The first-order chi connectivity index (χ1) is 9.51. The van der Waals surface area contributed by atoms with Gasteiger partial charge in [-0.05, 0) is 49.2 Å². The van der Waals surface area contributed by atoms with Gasteiger partial charge in [0.05, 0.1) is 10.5 Å². The number of halogens is 1. The predicted molar refractivity (Wildman–Crippen MR) is 88.0 cm³/mol. The van der Waals surface area contributed by atoms with Crippen molar-refractivity contribution in [2.75, 3.05) is 11.0 Å². The molecule has 0 spiro atoms. The number of alkyl halides is 1. The molecule has 0 bridgehead atoms. The molecule has 4 atom stereocenters. The SMILES string of the molecule is CCOC(CI)O[C@H]1CC[C@@H](C)[C@]2(C)CCC(=O)C=C12. The van der Waals surface area contributed by atoms with Crippen LogP contribution in [0.5, 0.6) is 0 Å². The molecule has 3 nitrogen and oxygen atoms in total. The second-order valence-corrected chi connectivity index (χ2v) is 7.01. The molecule has 0 saturated heterocycles. The van der Waals surface area contributed by atoms with Gasteiger partial charge in [0.2, 0.25) is 0 Å². The minimum absolute atomic E-state index is 0.0479. The van der Waals surface area contributed by atoms with E-state index in [1.807, 2.05) is 13.0 Å². The molecule has 1 unspecified atom stereocenters. The monoisotopic (exact) mass is 392 g/mol. The van der Waals surface area contributed by atoms with E-state index < -0.39 is 0 Å². The van der Waals surface area contributed by atoms with Gasteiger partial charge in [0.15, 0.2) is 12.1 Å². The van der Waals surface area contributed by atoms with Crippen LogP contribution in [0.4, 0.5) is 0 Å². The van der Waals surface area contributed by atoms with E-state index in [0.29, 0.717) is 18.9 Å². The van der Waals surface area contributed by atoms with E-state index in [2.05, 4.69) is 36.4 Å². The number of fused-ring (bicyclic) bond motifs is 1. The number of rotatable bonds is 5. The molecule has 0 amide bonds. The molecule has 0 heterocycles. The van der Waals surface area contributed by atoms with Crippen LogP contribution in [0.2, 0.25) is 0 Å². The van der Waals surface area contributed by atoms with Crippen molar-refractivity contribution in [2.24, 2.45) is 11.3 Å². The molecule has 2 rings (SSSR count). The summed E-state index contributed by atoms with van der Waals surface area (Å²) < 4.78 is 12.6. The lowest BCUT2D eigenvalue weighted by Crippen LogP contribution is -2.44. The molecule has 114 valence electrons. The van der Waals surface area contributed by atoms with E-state index in [1.165, 1.54) is 5.57 Å². The van der Waals surface area contributed by atoms with Gasteiger partial charge in [0.25, 0.3) is 0 Å². The van der Waals surface area contributed by atoms with E-state index in [1.54, 1.807) is 0 Å². The first-order valence-electron chi connectivity index (χ1n) is 7.59. The Kier molecular flexibility index (Phi) is 5.65. The Hall–Kier alpha value is 0.0600. The number of ether oxygens (including phenoxy) is 2. The zero-order valence-corrected chi connectivity index (χ0v) is 14.8. The van der Waals surface area contributed by atoms with Gasteiger partial charge in [-0.2, -0.15) is 0 Å². The zero-order valence-electron chi connectivity index (χ0n) is 12.7. The molecule has 0 radical (unpaired) electrons. The topological polar surface area (TPSA) is 35.5 Å². The smallest absolute Gasteiger partial charge is 0.167 e. The normalized spacial score (nSPS) is 35.4. The molecule has 0 aromatic rings. The third-order valence-electron chi connectivity index (χ3n) is 4.96. The summed E-state index contributed by atoms with van der Waals surface area (Å²) in [5.74, 6) is 0.870. The van der Waals surface area contributed by atoms with Gasteiger partial charge in [0, 0.05) is 13.0 Å². The molecule has 20 heavy (non-hydrogen) atoms. The van der Waals surface area contributed by atoms with Crippen LogP contribution >= 0.6 is 22.6 Å². The van der Waals surface area contributed by atoms with Crippen LogP contribution in [-0.4, -0.2) is 29.2 Å². The minimum atomic E-state index is -0.166. The summed E-state index contributed by atoms with van der Waals surface area (Å²) in [4.78, 5) is 11.8. The fourth-order valence-corrected chi connectivity index (χ4v) is 3.90. The maximum absolute atomic E-state index is 11.8. The van der Waals surface area contributed by atoms with Gasteiger partial charge >= 0.3 is 0 Å². The molecule has 1 fully saturated rings. The van der Waals surface area contributed by atoms with Crippen molar-refractivity contribution in [1.29, 1.82) is 0 Å². The maximum Gasteiger partial charge on any atom is 0.167 e. The van der Waals surface area contributed by atoms with E-state index in [4.69, 9.17) is 9.47 Å². The van der Waals surface area contributed by atoms with Gasteiger partial charge in [-0.3, -0.25) is 4.79 Å². The second kappa shape index (κ2) is 6.88.